The van der Waals surface area contributed by atoms with Gasteiger partial charge in [-0.15, -0.1) is 0 Å². The zero-order valence-corrected chi connectivity index (χ0v) is 19.3. The summed E-state index contributed by atoms with van der Waals surface area (Å²) in [5.41, 5.74) is 0.108. The molecule has 1 N–H and O–H groups in total. The molecule has 0 saturated carbocycles. The molecule has 0 spiro atoms. The summed E-state index contributed by atoms with van der Waals surface area (Å²) < 4.78 is 52.0. The molecule has 2 aromatic carbocycles. The summed E-state index contributed by atoms with van der Waals surface area (Å²) in [5, 5.41) is 4.42. The Hall–Kier alpha value is -1.35. The van der Waals surface area contributed by atoms with Crippen molar-refractivity contribution < 1.29 is 22.4 Å². The van der Waals surface area contributed by atoms with Crippen molar-refractivity contribution in [3.63, 3.8) is 0 Å². The SMILES string of the molecule is O=C(CBr)N1C[C@H](c2ccc(Cl)c(Cl)c2)[C@H](NCCc2ccc(C(F)(F)F)c(F)c2)C1. The fraction of sp³-hybridized carbons (Fsp3) is 0.381. The molecule has 1 aliphatic heterocycles. The average molecular weight is 542 g/mol. The van der Waals surface area contributed by atoms with Crippen molar-refractivity contribution >= 4 is 45.0 Å². The normalized spacial score (nSPS) is 19.1. The second-order valence-electron chi connectivity index (χ2n) is 7.33. The summed E-state index contributed by atoms with van der Waals surface area (Å²) in [6.07, 6.45) is -4.38. The molecule has 0 bridgehead atoms. The topological polar surface area (TPSA) is 32.3 Å². The van der Waals surface area contributed by atoms with Crippen molar-refractivity contribution in [2.75, 3.05) is 25.0 Å². The van der Waals surface area contributed by atoms with Gasteiger partial charge in [-0.2, -0.15) is 13.2 Å². The molecule has 1 amide bonds. The minimum atomic E-state index is -4.72. The van der Waals surface area contributed by atoms with Crippen LogP contribution < -0.4 is 5.32 Å². The van der Waals surface area contributed by atoms with Crippen molar-refractivity contribution in [3.8, 4) is 0 Å². The van der Waals surface area contributed by atoms with Crippen LogP contribution in [0.25, 0.3) is 0 Å². The van der Waals surface area contributed by atoms with Crippen LogP contribution in [0.15, 0.2) is 36.4 Å². The maximum Gasteiger partial charge on any atom is 0.419 e. The Morgan fingerprint density at radius 3 is 2.48 bits per heavy atom. The van der Waals surface area contributed by atoms with E-state index in [0.29, 0.717) is 41.7 Å². The van der Waals surface area contributed by atoms with Gasteiger partial charge in [0, 0.05) is 25.0 Å². The van der Waals surface area contributed by atoms with Crippen LogP contribution >= 0.6 is 39.1 Å². The molecule has 3 rings (SSSR count). The Morgan fingerprint density at radius 2 is 1.87 bits per heavy atom. The Bertz CT molecular complexity index is 957. The molecule has 2 aromatic rings. The third-order valence-corrected chi connectivity index (χ3v) is 6.54. The first-order valence-corrected chi connectivity index (χ1v) is 11.4. The Balaban J connectivity index is 1.69. The number of hydrogen-bond acceptors (Lipinski definition) is 2. The highest BCUT2D eigenvalue weighted by atomic mass is 79.9. The van der Waals surface area contributed by atoms with E-state index in [1.807, 2.05) is 6.07 Å². The van der Waals surface area contributed by atoms with Gasteiger partial charge in [-0.3, -0.25) is 4.79 Å². The van der Waals surface area contributed by atoms with Crippen LogP contribution in [0.2, 0.25) is 10.0 Å². The molecule has 0 radical (unpaired) electrons. The maximum absolute atomic E-state index is 13.8. The van der Waals surface area contributed by atoms with Crippen molar-refractivity contribution in [2.24, 2.45) is 0 Å². The number of carbonyl (C=O) groups excluding carboxylic acids is 1. The van der Waals surface area contributed by atoms with Gasteiger partial charge in [-0.05, 0) is 48.4 Å². The second kappa shape index (κ2) is 10.1. The molecule has 0 aliphatic carbocycles. The van der Waals surface area contributed by atoms with Crippen LogP contribution in [-0.2, 0) is 17.4 Å². The summed E-state index contributed by atoms with van der Waals surface area (Å²) in [6, 6.07) is 8.19. The second-order valence-corrected chi connectivity index (χ2v) is 8.71. The first-order chi connectivity index (χ1) is 14.6. The van der Waals surface area contributed by atoms with Crippen LogP contribution in [0, 0.1) is 5.82 Å². The molecule has 10 heteroatoms. The predicted octanol–water partition coefficient (Wildman–Crippen LogP) is 5.67. The van der Waals surface area contributed by atoms with Crippen LogP contribution in [0.4, 0.5) is 17.6 Å². The van der Waals surface area contributed by atoms with Gasteiger partial charge in [0.05, 0.1) is 20.9 Å². The third kappa shape index (κ3) is 5.92. The van der Waals surface area contributed by atoms with Crippen molar-refractivity contribution in [3.05, 3.63) is 69.0 Å². The standard InChI is InChI=1S/C21H19BrCl2F4N2O/c22-9-20(31)30-10-14(13-2-4-16(23)17(24)8-13)19(11-30)29-6-5-12-1-3-15(18(25)7-12)21(26,27)28/h1-4,7-8,14,19,29H,5-6,9-11H2/t14-,19-/m1/s1. The van der Waals surface area contributed by atoms with Gasteiger partial charge in [0.25, 0.3) is 0 Å². The number of carbonyl (C=O) groups is 1. The van der Waals surface area contributed by atoms with Crippen LogP contribution in [0.3, 0.4) is 0 Å². The van der Waals surface area contributed by atoms with E-state index in [9.17, 15) is 22.4 Å². The highest BCUT2D eigenvalue weighted by Crippen LogP contribution is 2.33. The monoisotopic (exact) mass is 540 g/mol. The van der Waals surface area contributed by atoms with Crippen molar-refractivity contribution in [2.45, 2.75) is 24.6 Å². The molecule has 168 valence electrons. The smallest absolute Gasteiger partial charge is 0.340 e. The summed E-state index contributed by atoms with van der Waals surface area (Å²) in [4.78, 5) is 13.9. The summed E-state index contributed by atoms with van der Waals surface area (Å²) >= 11 is 15.3. The first-order valence-electron chi connectivity index (χ1n) is 9.48. The number of alkyl halides is 4. The molecule has 1 fully saturated rings. The quantitative estimate of drug-likeness (QED) is 0.377. The molecular formula is C21H19BrCl2F4N2O. The number of halogens is 7. The molecule has 2 atom stereocenters. The van der Waals surface area contributed by atoms with Gasteiger partial charge < -0.3 is 10.2 Å². The minimum Gasteiger partial charge on any atom is -0.340 e. The van der Waals surface area contributed by atoms with E-state index in [1.165, 1.54) is 6.07 Å². The molecule has 3 nitrogen and oxygen atoms in total. The zero-order valence-electron chi connectivity index (χ0n) is 16.2. The molecule has 0 aromatic heterocycles. The van der Waals surface area contributed by atoms with E-state index >= 15 is 0 Å². The first kappa shape index (κ1) is 24.3. The maximum atomic E-state index is 13.8. The van der Waals surface area contributed by atoms with Gasteiger partial charge in [0.1, 0.15) is 5.82 Å². The van der Waals surface area contributed by atoms with Crippen LogP contribution in [0.5, 0.6) is 0 Å². The highest BCUT2D eigenvalue weighted by molar-refractivity contribution is 9.09. The predicted molar refractivity (Wildman–Crippen MR) is 116 cm³/mol. The van der Waals surface area contributed by atoms with E-state index in [0.717, 1.165) is 17.7 Å². The van der Waals surface area contributed by atoms with Crippen LogP contribution in [0.1, 0.15) is 22.6 Å². The van der Waals surface area contributed by atoms with E-state index in [1.54, 1.807) is 17.0 Å². The Morgan fingerprint density at radius 1 is 1.13 bits per heavy atom. The summed E-state index contributed by atoms with van der Waals surface area (Å²) in [5.74, 6) is -1.37. The number of nitrogens with one attached hydrogen (secondary N) is 1. The largest absolute Gasteiger partial charge is 0.419 e. The third-order valence-electron chi connectivity index (χ3n) is 5.32. The number of nitrogens with zero attached hydrogens (tertiary/aromatic N) is 1. The van der Waals surface area contributed by atoms with Crippen molar-refractivity contribution in [1.29, 1.82) is 0 Å². The molecule has 0 unspecified atom stereocenters. The number of amides is 1. The minimum absolute atomic E-state index is 0.0397. The Labute approximate surface area is 195 Å². The lowest BCUT2D eigenvalue weighted by Crippen LogP contribution is -2.38. The van der Waals surface area contributed by atoms with E-state index in [4.69, 9.17) is 23.2 Å². The lowest BCUT2D eigenvalue weighted by Gasteiger charge is -2.20. The molecule has 1 heterocycles. The van der Waals surface area contributed by atoms with E-state index in [2.05, 4.69) is 21.2 Å². The van der Waals surface area contributed by atoms with Gasteiger partial charge in [0.2, 0.25) is 5.91 Å². The number of likely N-dealkylation sites (tertiary alicyclic amines) is 1. The molecule has 31 heavy (non-hydrogen) atoms. The average Bonchev–Trinajstić information content (AvgIpc) is 3.12. The van der Waals surface area contributed by atoms with Gasteiger partial charge >= 0.3 is 6.18 Å². The molecule has 1 aliphatic rings. The summed E-state index contributed by atoms with van der Waals surface area (Å²) in [7, 11) is 0. The van der Waals surface area contributed by atoms with Gasteiger partial charge in [0.15, 0.2) is 0 Å². The molecular weight excluding hydrogens is 523 g/mol. The van der Waals surface area contributed by atoms with Crippen molar-refractivity contribution in [1.82, 2.24) is 10.2 Å². The van der Waals surface area contributed by atoms with Gasteiger partial charge in [-0.25, -0.2) is 4.39 Å². The summed E-state index contributed by atoms with van der Waals surface area (Å²) in [6.45, 7) is 1.37. The zero-order chi connectivity index (χ0) is 22.8. The fourth-order valence-electron chi connectivity index (χ4n) is 3.73. The van der Waals surface area contributed by atoms with Gasteiger partial charge in [-0.1, -0.05) is 51.3 Å². The number of rotatable bonds is 6. The van der Waals surface area contributed by atoms with E-state index in [-0.39, 0.29) is 23.2 Å². The lowest BCUT2D eigenvalue weighted by molar-refractivity contribution is -0.140. The Kier molecular flexibility index (Phi) is 7.89. The fourth-order valence-corrected chi connectivity index (χ4v) is 4.39. The highest BCUT2D eigenvalue weighted by Gasteiger charge is 2.36. The lowest BCUT2D eigenvalue weighted by atomic mass is 9.94. The number of benzene rings is 2. The molecule has 1 saturated heterocycles. The van der Waals surface area contributed by atoms with E-state index < -0.39 is 17.6 Å². The number of hydrogen-bond donors (Lipinski definition) is 1. The van der Waals surface area contributed by atoms with Crippen LogP contribution in [-0.4, -0.2) is 41.8 Å².